The Balaban J connectivity index is 1.58. The van der Waals surface area contributed by atoms with Crippen LogP contribution in [0.4, 0.5) is 0 Å². The molecule has 5 rings (SSSR count). The SMILES string of the molecule is CCN(CC)CCN1C(=O)C(O)=C(C(=O)c2sc3nc4ccccc4n3c2C)C1c1ccccn1. The maximum Gasteiger partial charge on any atom is 0.290 e. The van der Waals surface area contributed by atoms with Gasteiger partial charge in [-0.1, -0.05) is 43.4 Å². The number of thiazole rings is 1. The number of aryl methyl sites for hydroxylation is 1. The smallest absolute Gasteiger partial charge is 0.290 e. The van der Waals surface area contributed by atoms with Crippen LogP contribution in [0.5, 0.6) is 0 Å². The number of hydrogen-bond acceptors (Lipinski definition) is 7. The number of hydrogen-bond donors (Lipinski definition) is 1. The van der Waals surface area contributed by atoms with Gasteiger partial charge in [-0.25, -0.2) is 4.98 Å². The summed E-state index contributed by atoms with van der Waals surface area (Å²) in [6.45, 7) is 8.70. The zero-order chi connectivity index (χ0) is 24.7. The molecule has 0 radical (unpaired) electrons. The number of carbonyl (C=O) groups excluding carboxylic acids is 2. The zero-order valence-electron chi connectivity index (χ0n) is 19.9. The molecule has 0 saturated carbocycles. The molecule has 0 fully saturated rings. The number of imidazole rings is 1. The summed E-state index contributed by atoms with van der Waals surface area (Å²) in [5.74, 6) is -1.41. The van der Waals surface area contributed by atoms with Gasteiger partial charge in [0.2, 0.25) is 5.78 Å². The van der Waals surface area contributed by atoms with Gasteiger partial charge in [0.25, 0.3) is 5.91 Å². The van der Waals surface area contributed by atoms with Crippen molar-refractivity contribution in [2.75, 3.05) is 26.2 Å². The number of pyridine rings is 1. The van der Waals surface area contributed by atoms with Crippen molar-refractivity contribution in [3.8, 4) is 0 Å². The van der Waals surface area contributed by atoms with Crippen LogP contribution >= 0.6 is 11.3 Å². The van der Waals surface area contributed by atoms with E-state index in [1.54, 1.807) is 23.2 Å². The normalized spacial score (nSPS) is 16.4. The van der Waals surface area contributed by atoms with Crippen LogP contribution in [0.3, 0.4) is 0 Å². The number of likely N-dealkylation sites (N-methyl/N-ethyl adjacent to an activating group) is 1. The highest BCUT2D eigenvalue weighted by molar-refractivity contribution is 7.19. The largest absolute Gasteiger partial charge is 0.503 e. The number of Topliss-reactive ketones (excluding diaryl/α,β-unsaturated/α-hetero) is 1. The number of carbonyl (C=O) groups is 2. The minimum atomic E-state index is -0.752. The van der Waals surface area contributed by atoms with Crippen LogP contribution in [-0.2, 0) is 4.79 Å². The van der Waals surface area contributed by atoms with E-state index in [4.69, 9.17) is 0 Å². The minimum Gasteiger partial charge on any atom is -0.503 e. The third kappa shape index (κ3) is 3.81. The highest BCUT2D eigenvalue weighted by Gasteiger charge is 2.45. The molecule has 180 valence electrons. The molecule has 1 atom stereocenters. The Morgan fingerprint density at radius 1 is 1.14 bits per heavy atom. The van der Waals surface area contributed by atoms with Crippen molar-refractivity contribution in [1.29, 1.82) is 0 Å². The van der Waals surface area contributed by atoms with Gasteiger partial charge in [-0.3, -0.25) is 19.0 Å². The first kappa shape index (κ1) is 23.2. The third-order valence-corrected chi connectivity index (χ3v) is 7.80. The topological polar surface area (TPSA) is 91.0 Å². The second kappa shape index (κ2) is 9.24. The van der Waals surface area contributed by atoms with Crippen LogP contribution in [0, 0.1) is 6.92 Å². The van der Waals surface area contributed by atoms with Crippen molar-refractivity contribution in [3.63, 3.8) is 0 Å². The summed E-state index contributed by atoms with van der Waals surface area (Å²) in [4.78, 5) is 41.2. The number of para-hydroxylation sites is 2. The van der Waals surface area contributed by atoms with Crippen LogP contribution in [0.1, 0.15) is 40.9 Å². The van der Waals surface area contributed by atoms with Crippen LogP contribution in [0.15, 0.2) is 60.0 Å². The van der Waals surface area contributed by atoms with Crippen LogP contribution < -0.4 is 0 Å². The Labute approximate surface area is 207 Å². The predicted molar refractivity (Wildman–Crippen MR) is 136 cm³/mol. The minimum absolute atomic E-state index is 0.0742. The fourth-order valence-electron chi connectivity index (χ4n) is 4.75. The number of nitrogens with zero attached hydrogens (tertiary/aromatic N) is 5. The number of fused-ring (bicyclic) bond motifs is 3. The van der Waals surface area contributed by atoms with Crippen LogP contribution in [-0.4, -0.2) is 67.1 Å². The predicted octanol–water partition coefficient (Wildman–Crippen LogP) is 4.17. The fraction of sp³-hybridized carbons (Fsp3) is 0.308. The van der Waals surface area contributed by atoms with E-state index in [-0.39, 0.29) is 11.4 Å². The van der Waals surface area contributed by atoms with Gasteiger partial charge in [0.15, 0.2) is 10.7 Å². The van der Waals surface area contributed by atoms with Gasteiger partial charge in [0.05, 0.1) is 27.2 Å². The van der Waals surface area contributed by atoms with E-state index >= 15 is 0 Å². The summed E-state index contributed by atoms with van der Waals surface area (Å²) in [7, 11) is 0. The van der Waals surface area contributed by atoms with E-state index in [1.807, 2.05) is 41.7 Å². The first-order valence-corrected chi connectivity index (χ1v) is 12.6. The van der Waals surface area contributed by atoms with Gasteiger partial charge >= 0.3 is 0 Å². The molecule has 1 aromatic carbocycles. The van der Waals surface area contributed by atoms with E-state index in [0.717, 1.165) is 29.8 Å². The molecule has 0 bridgehead atoms. The Kier molecular flexibility index (Phi) is 6.12. The lowest BCUT2D eigenvalue weighted by atomic mass is 9.98. The Morgan fingerprint density at radius 2 is 1.89 bits per heavy atom. The summed E-state index contributed by atoms with van der Waals surface area (Å²) < 4.78 is 1.95. The molecule has 1 amide bonds. The van der Waals surface area contributed by atoms with Gasteiger partial charge < -0.3 is 14.9 Å². The van der Waals surface area contributed by atoms with Gasteiger partial charge in [-0.2, -0.15) is 0 Å². The Bertz CT molecular complexity index is 1450. The van der Waals surface area contributed by atoms with Crippen molar-refractivity contribution < 1.29 is 14.7 Å². The summed E-state index contributed by atoms with van der Waals surface area (Å²) in [5, 5.41) is 11.0. The maximum absolute atomic E-state index is 13.9. The van der Waals surface area contributed by atoms with Crippen LogP contribution in [0.2, 0.25) is 0 Å². The van der Waals surface area contributed by atoms with Gasteiger partial charge in [0, 0.05) is 25.0 Å². The lowest BCUT2D eigenvalue weighted by Gasteiger charge is -2.28. The number of aliphatic hydroxyl groups is 1. The molecule has 0 aliphatic carbocycles. The van der Waals surface area contributed by atoms with Gasteiger partial charge in [-0.15, -0.1) is 0 Å². The van der Waals surface area contributed by atoms with Crippen molar-refractivity contribution in [3.05, 3.63) is 76.3 Å². The quantitative estimate of drug-likeness (QED) is 0.374. The standard InChI is InChI=1S/C26H27N5O3S/c1-4-29(5-2)14-15-30-21(18-11-8-9-13-27-18)20(23(33)25(30)34)22(32)24-16(3)31-19-12-7-6-10-17(19)28-26(31)35-24/h6-13,21,33H,4-5,14-15H2,1-3H3. The first-order valence-electron chi connectivity index (χ1n) is 11.7. The number of benzene rings is 1. The molecule has 35 heavy (non-hydrogen) atoms. The molecule has 4 aromatic rings. The zero-order valence-corrected chi connectivity index (χ0v) is 20.7. The van der Waals surface area contributed by atoms with Crippen molar-refractivity contribution >= 4 is 39.0 Å². The Hall–Kier alpha value is -3.56. The number of amides is 1. The van der Waals surface area contributed by atoms with E-state index in [2.05, 4.69) is 28.7 Å². The molecule has 1 aliphatic rings. The number of ketones is 1. The summed E-state index contributed by atoms with van der Waals surface area (Å²) in [6.07, 6.45) is 1.64. The fourth-order valence-corrected chi connectivity index (χ4v) is 5.84. The molecule has 9 heteroatoms. The lowest BCUT2D eigenvalue weighted by Crippen LogP contribution is -2.38. The second-order valence-corrected chi connectivity index (χ2v) is 9.49. The average Bonchev–Trinajstić information content (AvgIpc) is 3.49. The van der Waals surface area contributed by atoms with Crippen molar-refractivity contribution in [2.45, 2.75) is 26.8 Å². The van der Waals surface area contributed by atoms with Gasteiger partial charge in [-0.05, 0) is 44.3 Å². The number of rotatable bonds is 8. The molecular weight excluding hydrogens is 462 g/mol. The van der Waals surface area contributed by atoms with Crippen molar-refractivity contribution in [2.24, 2.45) is 0 Å². The lowest BCUT2D eigenvalue weighted by molar-refractivity contribution is -0.129. The molecule has 1 aliphatic heterocycles. The summed E-state index contributed by atoms with van der Waals surface area (Å²) in [5.41, 5.74) is 3.13. The monoisotopic (exact) mass is 489 g/mol. The Morgan fingerprint density at radius 3 is 2.60 bits per heavy atom. The molecule has 4 heterocycles. The molecule has 8 nitrogen and oxygen atoms in total. The first-order chi connectivity index (χ1) is 17.0. The highest BCUT2D eigenvalue weighted by atomic mass is 32.1. The van der Waals surface area contributed by atoms with E-state index in [1.165, 1.54) is 11.3 Å². The molecule has 1 N–H and O–H groups in total. The second-order valence-electron chi connectivity index (χ2n) is 8.51. The molecular formula is C26H27N5O3S. The molecule has 0 saturated heterocycles. The molecule has 1 unspecified atom stereocenters. The third-order valence-electron chi connectivity index (χ3n) is 6.66. The van der Waals surface area contributed by atoms with Crippen LogP contribution in [0.25, 0.3) is 16.0 Å². The molecule has 0 spiro atoms. The molecule has 3 aromatic heterocycles. The van der Waals surface area contributed by atoms with Crippen molar-refractivity contribution in [1.82, 2.24) is 24.2 Å². The average molecular weight is 490 g/mol. The van der Waals surface area contributed by atoms with E-state index < -0.39 is 17.7 Å². The summed E-state index contributed by atoms with van der Waals surface area (Å²) in [6, 6.07) is 12.4. The van der Waals surface area contributed by atoms with E-state index in [0.29, 0.717) is 28.6 Å². The summed E-state index contributed by atoms with van der Waals surface area (Å²) >= 11 is 1.27. The van der Waals surface area contributed by atoms with E-state index in [9.17, 15) is 14.7 Å². The maximum atomic E-state index is 13.9. The number of aromatic nitrogens is 3. The number of aliphatic hydroxyl groups excluding tert-OH is 1. The van der Waals surface area contributed by atoms with Gasteiger partial charge in [0.1, 0.15) is 6.04 Å². The highest BCUT2D eigenvalue weighted by Crippen LogP contribution is 2.40.